The lowest BCUT2D eigenvalue weighted by Gasteiger charge is -2.17. The number of nitrogens with zero attached hydrogens (tertiary/aromatic N) is 7. The predicted molar refractivity (Wildman–Crippen MR) is 93.3 cm³/mol. The minimum Gasteiger partial charge on any atom is -0.394 e. The highest BCUT2D eigenvalue weighted by Crippen LogP contribution is 2.33. The lowest BCUT2D eigenvalue weighted by molar-refractivity contribution is -0.119. The zero-order valence-electron chi connectivity index (χ0n) is 14.8. The van der Waals surface area contributed by atoms with E-state index in [-0.39, 0.29) is 17.6 Å². The minimum absolute atomic E-state index is 0.187. The predicted octanol–water partition coefficient (Wildman–Crippen LogP) is 0.740. The summed E-state index contributed by atoms with van der Waals surface area (Å²) in [6.07, 6.45) is 0.311. The molecular formula is C15H20N8O4. The van der Waals surface area contributed by atoms with Gasteiger partial charge in [-0.3, -0.25) is 9.36 Å². The van der Waals surface area contributed by atoms with Crippen LogP contribution in [0.1, 0.15) is 26.5 Å². The molecule has 0 bridgehead atoms. The van der Waals surface area contributed by atoms with E-state index in [1.807, 2.05) is 6.92 Å². The highest BCUT2D eigenvalue weighted by Gasteiger charge is 2.44. The summed E-state index contributed by atoms with van der Waals surface area (Å²) in [7, 11) is 0. The number of carbonyl (C=O) groups excluding carboxylic acids is 1. The second kappa shape index (κ2) is 7.84. The van der Waals surface area contributed by atoms with E-state index < -0.39 is 31.1 Å². The van der Waals surface area contributed by atoms with Crippen LogP contribution in [0.4, 0.5) is 5.82 Å². The Morgan fingerprint density at radius 2 is 2.30 bits per heavy atom. The Kier molecular flexibility index (Phi) is 5.51. The monoisotopic (exact) mass is 376 g/mol. The SMILES string of the molecule is CCC(C)C(=O)Nc1ncnc2c1ncn2[C@@H]1O[C@H](CO)[C@@H](N=[N+]=[N-])[C@H]1O. The van der Waals surface area contributed by atoms with Gasteiger partial charge in [-0.15, -0.1) is 0 Å². The van der Waals surface area contributed by atoms with Gasteiger partial charge in [0.05, 0.1) is 25.1 Å². The van der Waals surface area contributed by atoms with Crippen molar-refractivity contribution in [3.63, 3.8) is 0 Å². The molecule has 1 aliphatic rings. The first-order valence-electron chi connectivity index (χ1n) is 8.48. The summed E-state index contributed by atoms with van der Waals surface area (Å²) < 4.78 is 7.08. The number of aromatic nitrogens is 4. The van der Waals surface area contributed by atoms with Crippen LogP contribution in [-0.4, -0.2) is 60.5 Å². The van der Waals surface area contributed by atoms with Gasteiger partial charge < -0.3 is 20.3 Å². The Morgan fingerprint density at radius 3 is 2.96 bits per heavy atom. The molecule has 0 saturated carbocycles. The van der Waals surface area contributed by atoms with Crippen LogP contribution in [0.15, 0.2) is 17.8 Å². The van der Waals surface area contributed by atoms with Crippen molar-refractivity contribution in [1.29, 1.82) is 0 Å². The van der Waals surface area contributed by atoms with E-state index in [4.69, 9.17) is 10.3 Å². The quantitative estimate of drug-likeness (QED) is 0.379. The Morgan fingerprint density at radius 1 is 1.52 bits per heavy atom. The molecule has 1 unspecified atom stereocenters. The molecule has 1 amide bonds. The maximum absolute atomic E-state index is 12.2. The molecule has 0 radical (unpaired) electrons. The number of amides is 1. The van der Waals surface area contributed by atoms with E-state index in [0.717, 1.165) is 0 Å². The molecule has 0 spiro atoms. The Labute approximate surface area is 153 Å². The molecule has 3 heterocycles. The summed E-state index contributed by atoms with van der Waals surface area (Å²) in [6.45, 7) is 3.29. The van der Waals surface area contributed by atoms with Gasteiger partial charge in [-0.05, 0) is 12.0 Å². The molecule has 0 aliphatic carbocycles. The summed E-state index contributed by atoms with van der Waals surface area (Å²) in [6, 6.07) is -0.950. The zero-order valence-corrected chi connectivity index (χ0v) is 14.8. The molecule has 2 aromatic heterocycles. The van der Waals surface area contributed by atoms with Crippen molar-refractivity contribution in [2.24, 2.45) is 11.0 Å². The van der Waals surface area contributed by atoms with Crippen molar-refractivity contribution >= 4 is 22.9 Å². The van der Waals surface area contributed by atoms with Crippen LogP contribution in [0.2, 0.25) is 0 Å². The highest BCUT2D eigenvalue weighted by molar-refractivity contribution is 5.97. The Bertz CT molecular complexity index is 880. The molecule has 3 N–H and O–H groups in total. The summed E-state index contributed by atoms with van der Waals surface area (Å²) in [5.74, 6) is -0.123. The van der Waals surface area contributed by atoms with E-state index in [2.05, 4.69) is 30.3 Å². The molecule has 1 fully saturated rings. The van der Waals surface area contributed by atoms with Gasteiger partial charge in [0.15, 0.2) is 23.2 Å². The van der Waals surface area contributed by atoms with Crippen LogP contribution in [0.25, 0.3) is 21.6 Å². The van der Waals surface area contributed by atoms with Crippen LogP contribution >= 0.6 is 0 Å². The molecule has 2 aromatic rings. The number of azide groups is 1. The van der Waals surface area contributed by atoms with Crippen molar-refractivity contribution in [1.82, 2.24) is 19.5 Å². The van der Waals surface area contributed by atoms with Crippen LogP contribution in [0.3, 0.4) is 0 Å². The van der Waals surface area contributed by atoms with Crippen molar-refractivity contribution in [2.45, 2.75) is 44.7 Å². The lowest BCUT2D eigenvalue weighted by atomic mass is 10.1. The number of rotatable bonds is 6. The molecule has 144 valence electrons. The van der Waals surface area contributed by atoms with E-state index in [9.17, 15) is 15.0 Å². The molecule has 0 aromatic carbocycles. The zero-order chi connectivity index (χ0) is 19.6. The summed E-state index contributed by atoms with van der Waals surface area (Å²) in [5, 5.41) is 26.1. The molecule has 1 aliphatic heterocycles. The highest BCUT2D eigenvalue weighted by atomic mass is 16.5. The van der Waals surface area contributed by atoms with Crippen LogP contribution in [0.5, 0.6) is 0 Å². The van der Waals surface area contributed by atoms with Gasteiger partial charge in [-0.1, -0.05) is 19.0 Å². The fourth-order valence-electron chi connectivity index (χ4n) is 2.87. The third-order valence-electron chi connectivity index (χ3n) is 4.64. The Balaban J connectivity index is 1.94. The number of aliphatic hydroxyl groups excluding tert-OH is 2. The van der Waals surface area contributed by atoms with Crippen LogP contribution in [0, 0.1) is 5.92 Å². The average molecular weight is 376 g/mol. The van der Waals surface area contributed by atoms with Gasteiger partial charge in [-0.25, -0.2) is 15.0 Å². The van der Waals surface area contributed by atoms with Gasteiger partial charge in [0.2, 0.25) is 5.91 Å². The molecular weight excluding hydrogens is 356 g/mol. The molecule has 12 nitrogen and oxygen atoms in total. The van der Waals surface area contributed by atoms with Crippen molar-refractivity contribution in [3.05, 3.63) is 23.1 Å². The number of hydrogen-bond acceptors (Lipinski definition) is 8. The number of imidazole rings is 1. The first kappa shape index (κ1) is 19.0. The summed E-state index contributed by atoms with van der Waals surface area (Å²) in [4.78, 5) is 27.3. The maximum atomic E-state index is 12.2. The van der Waals surface area contributed by atoms with Gasteiger partial charge in [-0.2, -0.15) is 0 Å². The number of aliphatic hydroxyl groups is 2. The first-order chi connectivity index (χ1) is 13.0. The fraction of sp³-hybridized carbons (Fsp3) is 0.600. The minimum atomic E-state index is -1.21. The fourth-order valence-corrected chi connectivity index (χ4v) is 2.87. The molecule has 3 rings (SSSR count). The third-order valence-corrected chi connectivity index (χ3v) is 4.64. The third kappa shape index (κ3) is 3.43. The summed E-state index contributed by atoms with van der Waals surface area (Å²) in [5.41, 5.74) is 9.32. The molecule has 12 heteroatoms. The average Bonchev–Trinajstić information content (AvgIpc) is 3.23. The summed E-state index contributed by atoms with van der Waals surface area (Å²) >= 11 is 0. The van der Waals surface area contributed by atoms with E-state index in [1.165, 1.54) is 17.2 Å². The number of nitrogens with one attached hydrogen (secondary N) is 1. The van der Waals surface area contributed by atoms with Gasteiger partial charge in [0.1, 0.15) is 12.4 Å². The topological polar surface area (TPSA) is 171 Å². The maximum Gasteiger partial charge on any atom is 0.228 e. The molecule has 27 heavy (non-hydrogen) atoms. The Hall–Kier alpha value is -2.79. The molecule has 1 saturated heterocycles. The van der Waals surface area contributed by atoms with Crippen LogP contribution < -0.4 is 5.32 Å². The van der Waals surface area contributed by atoms with Crippen molar-refractivity contribution in [2.75, 3.05) is 11.9 Å². The van der Waals surface area contributed by atoms with Crippen molar-refractivity contribution in [3.8, 4) is 0 Å². The largest absolute Gasteiger partial charge is 0.394 e. The number of hydrogen-bond donors (Lipinski definition) is 3. The van der Waals surface area contributed by atoms with E-state index in [1.54, 1.807) is 6.92 Å². The second-order valence-corrected chi connectivity index (χ2v) is 6.28. The van der Waals surface area contributed by atoms with Gasteiger partial charge in [0.25, 0.3) is 0 Å². The van der Waals surface area contributed by atoms with E-state index in [0.29, 0.717) is 17.6 Å². The number of fused-ring (bicyclic) bond motifs is 1. The van der Waals surface area contributed by atoms with Gasteiger partial charge >= 0.3 is 0 Å². The van der Waals surface area contributed by atoms with Gasteiger partial charge in [0, 0.05) is 10.8 Å². The standard InChI is InChI=1S/C15H20N8O4/c1-3-7(2)14(26)20-12-10-13(18-5-17-12)23(6-19-10)15-11(25)9(21-22-16)8(4-24)27-15/h5-9,11,15,24-25H,3-4H2,1-2H3,(H,17,18,20,26)/t7?,8-,9-,11-,15-/m1/s1. The normalized spacial score (nSPS) is 25.9. The van der Waals surface area contributed by atoms with Crippen LogP contribution in [-0.2, 0) is 9.53 Å². The first-order valence-corrected chi connectivity index (χ1v) is 8.48. The number of anilines is 1. The van der Waals surface area contributed by atoms with E-state index >= 15 is 0 Å². The molecule has 5 atom stereocenters. The van der Waals surface area contributed by atoms with Crippen molar-refractivity contribution < 1.29 is 19.7 Å². The second-order valence-electron chi connectivity index (χ2n) is 6.28. The number of ether oxygens (including phenoxy) is 1. The lowest BCUT2D eigenvalue weighted by Crippen LogP contribution is -2.31. The smallest absolute Gasteiger partial charge is 0.228 e. The number of carbonyl (C=O) groups is 1.